The summed E-state index contributed by atoms with van der Waals surface area (Å²) in [5.74, 6) is 1.12. The van der Waals surface area contributed by atoms with Crippen LogP contribution >= 0.6 is 0 Å². The predicted octanol–water partition coefficient (Wildman–Crippen LogP) is 14.8. The predicted molar refractivity (Wildman–Crippen MR) is 221 cm³/mol. The van der Waals surface area contributed by atoms with Gasteiger partial charge in [-0.1, -0.05) is 177 Å². The molecule has 1 aliphatic carbocycles. The lowest BCUT2D eigenvalue weighted by Crippen LogP contribution is -2.25. The maximum Gasteiger partial charge on any atom is 0.248 e. The van der Waals surface area contributed by atoms with Gasteiger partial charge in [-0.3, -0.25) is 0 Å². The number of aromatic nitrogens is 2. The molecule has 52 heavy (non-hydrogen) atoms. The minimum absolute atomic E-state index is 0.0317. The molecule has 1 aromatic heterocycles. The molecule has 0 saturated carbocycles. The molecule has 0 amide bonds. The van der Waals surface area contributed by atoms with E-state index >= 15 is 0 Å². The van der Waals surface area contributed by atoms with Gasteiger partial charge in [-0.2, -0.15) is 0 Å². The average Bonchev–Trinajstić information content (AvgIpc) is 3.73. The second-order valence-electron chi connectivity index (χ2n) is 16.7. The minimum atomic E-state index is 0.0317. The Morgan fingerprint density at radius 2 is 1.00 bits per heavy atom. The average molecular weight is 695 g/mol. The number of unbranched alkanes of at least 4 members (excludes halogenated alkanes) is 10. The summed E-state index contributed by atoms with van der Waals surface area (Å²) in [7, 11) is 0. The zero-order chi connectivity index (χ0) is 36.7. The Balaban J connectivity index is 1.38. The second kappa shape index (κ2) is 16.8. The van der Waals surface area contributed by atoms with Crippen LogP contribution in [0, 0.1) is 13.8 Å². The van der Waals surface area contributed by atoms with Crippen molar-refractivity contribution in [3.8, 4) is 45.2 Å². The van der Waals surface area contributed by atoms with Crippen LogP contribution in [-0.4, -0.2) is 10.2 Å². The SMILES string of the molecule is CCCCCCCCC1(CCCCCCCC)c2cc(C)ccc2-c2ccc(-c3ccc(C)cc3-c3nnc(-c4ccc(C(C)(C)C)cc4)o3)cc21. The quantitative estimate of drug-likeness (QED) is 0.0910. The van der Waals surface area contributed by atoms with Gasteiger partial charge in [0.05, 0.1) is 0 Å². The van der Waals surface area contributed by atoms with Crippen LogP contribution in [0.2, 0.25) is 0 Å². The highest BCUT2D eigenvalue weighted by atomic mass is 16.4. The number of fused-ring (bicyclic) bond motifs is 3. The normalized spacial score (nSPS) is 13.4. The number of aryl methyl sites for hydroxylation is 2. The van der Waals surface area contributed by atoms with Gasteiger partial charge in [0.25, 0.3) is 0 Å². The highest BCUT2D eigenvalue weighted by Crippen LogP contribution is 2.55. The van der Waals surface area contributed by atoms with Crippen molar-refractivity contribution in [1.82, 2.24) is 10.2 Å². The molecule has 274 valence electrons. The summed E-state index contributed by atoms with van der Waals surface area (Å²) in [4.78, 5) is 0. The highest BCUT2D eigenvalue weighted by molar-refractivity contribution is 5.87. The summed E-state index contributed by atoms with van der Waals surface area (Å²) < 4.78 is 6.46. The molecule has 3 heteroatoms. The van der Waals surface area contributed by atoms with Crippen LogP contribution in [-0.2, 0) is 10.8 Å². The monoisotopic (exact) mass is 694 g/mol. The molecule has 3 nitrogen and oxygen atoms in total. The van der Waals surface area contributed by atoms with E-state index in [2.05, 4.69) is 138 Å². The van der Waals surface area contributed by atoms with Crippen molar-refractivity contribution in [2.75, 3.05) is 0 Å². The molecule has 4 aromatic carbocycles. The Kier molecular flexibility index (Phi) is 12.2. The summed E-state index contributed by atoms with van der Waals surface area (Å²) in [6.45, 7) is 15.7. The standard InChI is InChI=1S/C49H62N2O/c1-8-10-12-14-16-18-30-49(31-19-17-15-13-11-9-2)44-33-36(4)21-28-41(44)42-29-24-38(34-45(42)49)40-27-20-35(3)32-43(40)47-51-50-46(52-47)37-22-25-39(26-23-37)48(5,6)7/h20-29,32-34H,8-19,30-31H2,1-7H3. The van der Waals surface area contributed by atoms with Crippen LogP contribution < -0.4 is 0 Å². The Hall–Kier alpha value is -3.98. The van der Waals surface area contributed by atoms with E-state index in [0.29, 0.717) is 11.8 Å². The maximum atomic E-state index is 6.46. The Morgan fingerprint density at radius 1 is 0.500 bits per heavy atom. The molecule has 0 aliphatic heterocycles. The van der Waals surface area contributed by atoms with Crippen molar-refractivity contribution in [2.45, 2.75) is 149 Å². The van der Waals surface area contributed by atoms with E-state index in [1.54, 1.807) is 5.56 Å². The van der Waals surface area contributed by atoms with Gasteiger partial charge in [0, 0.05) is 16.5 Å². The molecule has 0 bridgehead atoms. The number of hydrogen-bond acceptors (Lipinski definition) is 3. The first-order chi connectivity index (χ1) is 25.1. The first kappa shape index (κ1) is 37.8. The van der Waals surface area contributed by atoms with Gasteiger partial charge >= 0.3 is 0 Å². The third-order valence-corrected chi connectivity index (χ3v) is 11.6. The molecule has 0 fully saturated rings. The number of nitrogens with zero attached hydrogens (tertiary/aromatic N) is 2. The smallest absolute Gasteiger partial charge is 0.248 e. The molecule has 6 rings (SSSR count). The van der Waals surface area contributed by atoms with Gasteiger partial charge in [0.1, 0.15) is 0 Å². The zero-order valence-corrected chi connectivity index (χ0v) is 33.2. The van der Waals surface area contributed by atoms with Crippen LogP contribution in [0.3, 0.4) is 0 Å². The van der Waals surface area contributed by atoms with Crippen LogP contribution in [0.25, 0.3) is 45.2 Å². The summed E-state index contributed by atoms with van der Waals surface area (Å²) in [5, 5.41) is 9.17. The highest BCUT2D eigenvalue weighted by Gasteiger charge is 2.42. The van der Waals surface area contributed by atoms with Crippen molar-refractivity contribution < 1.29 is 4.42 Å². The van der Waals surface area contributed by atoms with E-state index in [9.17, 15) is 0 Å². The topological polar surface area (TPSA) is 38.9 Å². The van der Waals surface area contributed by atoms with Crippen LogP contribution in [0.4, 0.5) is 0 Å². The second-order valence-corrected chi connectivity index (χ2v) is 16.7. The van der Waals surface area contributed by atoms with Crippen LogP contribution in [0.1, 0.15) is 152 Å². The van der Waals surface area contributed by atoms with Crippen molar-refractivity contribution in [3.63, 3.8) is 0 Å². The number of rotatable bonds is 17. The third kappa shape index (κ3) is 8.30. The summed E-state index contributed by atoms with van der Waals surface area (Å²) in [6, 6.07) is 29.7. The summed E-state index contributed by atoms with van der Waals surface area (Å²) in [5.41, 5.74) is 14.2. The molecule has 5 aromatic rings. The van der Waals surface area contributed by atoms with Crippen molar-refractivity contribution in [2.24, 2.45) is 0 Å². The zero-order valence-electron chi connectivity index (χ0n) is 33.2. The summed E-state index contributed by atoms with van der Waals surface area (Å²) >= 11 is 0. The lowest BCUT2D eigenvalue weighted by atomic mass is 9.70. The van der Waals surface area contributed by atoms with Gasteiger partial charge in [0.15, 0.2) is 0 Å². The van der Waals surface area contributed by atoms with E-state index in [4.69, 9.17) is 4.42 Å². The van der Waals surface area contributed by atoms with Crippen molar-refractivity contribution >= 4 is 0 Å². The molecular formula is C49H62N2O. The molecule has 0 radical (unpaired) electrons. The van der Waals surface area contributed by atoms with E-state index in [0.717, 1.165) is 16.7 Å². The van der Waals surface area contributed by atoms with Gasteiger partial charge in [-0.15, -0.1) is 10.2 Å². The first-order valence-electron chi connectivity index (χ1n) is 20.5. The molecular weight excluding hydrogens is 633 g/mol. The number of benzene rings is 4. The Morgan fingerprint density at radius 3 is 1.62 bits per heavy atom. The largest absolute Gasteiger partial charge is 0.416 e. The maximum absolute atomic E-state index is 6.46. The Labute approximate surface area is 314 Å². The van der Waals surface area contributed by atoms with Crippen LogP contribution in [0.15, 0.2) is 83.3 Å². The minimum Gasteiger partial charge on any atom is -0.416 e. The van der Waals surface area contributed by atoms with Gasteiger partial charge in [-0.05, 0) is 95.3 Å². The van der Waals surface area contributed by atoms with Crippen molar-refractivity contribution in [3.05, 3.63) is 107 Å². The fraction of sp³-hybridized carbons (Fsp3) is 0.469. The van der Waals surface area contributed by atoms with Gasteiger partial charge in [0.2, 0.25) is 11.8 Å². The molecule has 0 unspecified atom stereocenters. The lowest BCUT2D eigenvalue weighted by Gasteiger charge is -2.33. The first-order valence-corrected chi connectivity index (χ1v) is 20.5. The van der Waals surface area contributed by atoms with Gasteiger partial charge < -0.3 is 4.42 Å². The van der Waals surface area contributed by atoms with Gasteiger partial charge in [-0.25, -0.2) is 0 Å². The molecule has 0 spiro atoms. The molecule has 1 heterocycles. The fourth-order valence-electron chi connectivity index (χ4n) is 8.50. The van der Waals surface area contributed by atoms with Crippen molar-refractivity contribution in [1.29, 1.82) is 0 Å². The molecule has 0 N–H and O–H groups in total. The van der Waals surface area contributed by atoms with Crippen LogP contribution in [0.5, 0.6) is 0 Å². The number of hydrogen-bond donors (Lipinski definition) is 0. The summed E-state index contributed by atoms with van der Waals surface area (Å²) in [6.07, 6.45) is 18.3. The van der Waals surface area contributed by atoms with E-state index < -0.39 is 0 Å². The lowest BCUT2D eigenvalue weighted by molar-refractivity contribution is 0.398. The third-order valence-electron chi connectivity index (χ3n) is 11.6. The molecule has 0 saturated heterocycles. The molecule has 1 aliphatic rings. The Bertz CT molecular complexity index is 1910. The van der Waals surface area contributed by atoms with E-state index in [1.807, 2.05) is 0 Å². The fourth-order valence-corrected chi connectivity index (χ4v) is 8.50. The van der Waals surface area contributed by atoms with E-state index in [-0.39, 0.29) is 10.8 Å². The van der Waals surface area contributed by atoms with E-state index in [1.165, 1.54) is 129 Å². The molecule has 0 atom stereocenters.